The first-order valence-corrected chi connectivity index (χ1v) is 6.80. The molecular weight excluding hydrogens is 218 g/mol. The Morgan fingerprint density at radius 2 is 1.72 bits per heavy atom. The zero-order valence-corrected chi connectivity index (χ0v) is 11.1. The summed E-state index contributed by atoms with van der Waals surface area (Å²) >= 11 is 0. The lowest BCUT2D eigenvalue weighted by molar-refractivity contribution is -0.810. The van der Waals surface area contributed by atoms with Gasteiger partial charge in [-0.25, -0.2) is 0 Å². The van der Waals surface area contributed by atoms with E-state index in [1.165, 1.54) is 22.5 Å². The van der Waals surface area contributed by atoms with Crippen LogP contribution in [0.25, 0.3) is 11.3 Å². The Balaban J connectivity index is 2.13. The van der Waals surface area contributed by atoms with E-state index < -0.39 is 0 Å². The fourth-order valence-electron chi connectivity index (χ4n) is 4.03. The fraction of sp³-hybridized carbons (Fsp3) is 0.353. The van der Waals surface area contributed by atoms with Crippen molar-refractivity contribution in [1.29, 1.82) is 0 Å². The normalized spacial score (nSPS) is 31.3. The molecular formula is C17H18N+. The molecule has 1 heteroatoms. The quantitative estimate of drug-likeness (QED) is 0.615. The van der Waals surface area contributed by atoms with Crippen molar-refractivity contribution in [3.63, 3.8) is 0 Å². The van der Waals surface area contributed by atoms with E-state index >= 15 is 0 Å². The summed E-state index contributed by atoms with van der Waals surface area (Å²) in [5, 5.41) is 0. The molecule has 2 aliphatic rings. The maximum absolute atomic E-state index is 2.56. The minimum Gasteiger partial charge on any atom is -0.188 e. The maximum atomic E-state index is 2.56. The van der Waals surface area contributed by atoms with Gasteiger partial charge >= 0.3 is 0 Å². The smallest absolute Gasteiger partial charge is 0.188 e. The van der Waals surface area contributed by atoms with Crippen LogP contribution in [0.4, 0.5) is 0 Å². The molecule has 0 N–H and O–H groups in total. The molecule has 0 bridgehead atoms. The van der Waals surface area contributed by atoms with Gasteiger partial charge in [-0.15, -0.1) is 0 Å². The lowest BCUT2D eigenvalue weighted by Crippen LogP contribution is -2.73. The highest BCUT2D eigenvalue weighted by Crippen LogP contribution is 2.52. The van der Waals surface area contributed by atoms with Crippen molar-refractivity contribution in [3.8, 4) is 11.3 Å². The maximum Gasteiger partial charge on any atom is 0.213 e. The molecule has 1 nitrogen and oxygen atoms in total. The van der Waals surface area contributed by atoms with Crippen molar-refractivity contribution in [3.05, 3.63) is 53.7 Å². The summed E-state index contributed by atoms with van der Waals surface area (Å²) in [7, 11) is 0. The molecule has 18 heavy (non-hydrogen) atoms. The third-order valence-electron chi connectivity index (χ3n) is 5.40. The largest absolute Gasteiger partial charge is 0.213 e. The van der Waals surface area contributed by atoms with Gasteiger partial charge in [-0.2, -0.15) is 4.57 Å². The summed E-state index contributed by atoms with van der Waals surface area (Å²) < 4.78 is 2.56. The van der Waals surface area contributed by atoms with Gasteiger partial charge in [0.1, 0.15) is 5.92 Å². The molecule has 0 spiro atoms. The molecule has 1 aromatic heterocycles. The van der Waals surface area contributed by atoms with E-state index in [1.807, 2.05) is 0 Å². The van der Waals surface area contributed by atoms with Gasteiger partial charge in [-0.3, -0.25) is 0 Å². The number of rotatable bonds is 0. The Morgan fingerprint density at radius 1 is 0.944 bits per heavy atom. The minimum atomic E-state index is 0.250. The van der Waals surface area contributed by atoms with Crippen LogP contribution in [0.5, 0.6) is 0 Å². The second kappa shape index (κ2) is 3.03. The van der Waals surface area contributed by atoms with Crippen molar-refractivity contribution < 1.29 is 4.57 Å². The molecule has 3 unspecified atom stereocenters. The highest BCUT2D eigenvalue weighted by Gasteiger charge is 2.62. The number of aromatic nitrogens is 1. The molecule has 0 saturated carbocycles. The van der Waals surface area contributed by atoms with E-state index in [-0.39, 0.29) is 5.54 Å². The number of nitrogens with zero attached hydrogens (tertiary/aromatic N) is 1. The summed E-state index contributed by atoms with van der Waals surface area (Å²) in [6, 6.07) is 15.6. The van der Waals surface area contributed by atoms with E-state index in [4.69, 9.17) is 0 Å². The van der Waals surface area contributed by atoms with Crippen LogP contribution >= 0.6 is 0 Å². The van der Waals surface area contributed by atoms with Crippen molar-refractivity contribution >= 4 is 0 Å². The molecule has 1 aromatic carbocycles. The fourth-order valence-corrected chi connectivity index (χ4v) is 4.03. The number of hydrogen-bond acceptors (Lipinski definition) is 0. The molecule has 2 aliphatic heterocycles. The van der Waals surface area contributed by atoms with Crippen molar-refractivity contribution in [2.45, 2.75) is 38.1 Å². The van der Waals surface area contributed by atoms with Crippen LogP contribution in [-0.2, 0) is 5.54 Å². The molecule has 3 heterocycles. The first kappa shape index (κ1) is 10.3. The summed E-state index contributed by atoms with van der Waals surface area (Å²) in [4.78, 5) is 0. The average molecular weight is 236 g/mol. The van der Waals surface area contributed by atoms with Crippen LogP contribution in [0.15, 0.2) is 42.5 Å². The first-order valence-electron chi connectivity index (χ1n) is 6.80. The van der Waals surface area contributed by atoms with E-state index in [1.54, 1.807) is 0 Å². The molecule has 0 radical (unpaired) electrons. The lowest BCUT2D eigenvalue weighted by atomic mass is 9.63. The average Bonchev–Trinajstić information content (AvgIpc) is 2.43. The van der Waals surface area contributed by atoms with Crippen molar-refractivity contribution in [1.82, 2.24) is 0 Å². The van der Waals surface area contributed by atoms with Gasteiger partial charge in [0.25, 0.3) is 0 Å². The molecule has 0 amide bonds. The summed E-state index contributed by atoms with van der Waals surface area (Å²) in [6.45, 7) is 7.15. The Morgan fingerprint density at radius 3 is 2.56 bits per heavy atom. The van der Waals surface area contributed by atoms with Crippen LogP contribution in [0, 0.1) is 0 Å². The van der Waals surface area contributed by atoms with Crippen molar-refractivity contribution in [2.24, 2.45) is 0 Å². The summed E-state index contributed by atoms with van der Waals surface area (Å²) in [5.74, 6) is 1.22. The van der Waals surface area contributed by atoms with E-state index in [2.05, 4.69) is 67.8 Å². The van der Waals surface area contributed by atoms with Crippen LogP contribution < -0.4 is 4.57 Å². The SMILES string of the molecule is CC1c2ccccc2-c2cccc3[n+]2C1(C)C3C. The zero-order chi connectivity index (χ0) is 12.5. The highest BCUT2D eigenvalue weighted by molar-refractivity contribution is 5.64. The van der Waals surface area contributed by atoms with Gasteiger partial charge in [-0.05, 0) is 24.6 Å². The summed E-state index contributed by atoms with van der Waals surface area (Å²) in [6.07, 6.45) is 0. The molecule has 0 fully saturated rings. The third kappa shape index (κ3) is 0.902. The summed E-state index contributed by atoms with van der Waals surface area (Å²) in [5.41, 5.74) is 6.04. The topological polar surface area (TPSA) is 3.88 Å². The third-order valence-corrected chi connectivity index (χ3v) is 5.40. The molecule has 3 atom stereocenters. The molecule has 4 rings (SSSR count). The van der Waals surface area contributed by atoms with Crippen LogP contribution in [0.1, 0.15) is 43.9 Å². The Kier molecular flexibility index (Phi) is 1.73. The molecule has 90 valence electrons. The highest BCUT2D eigenvalue weighted by atomic mass is 15.2. The van der Waals surface area contributed by atoms with Gasteiger partial charge in [0.15, 0.2) is 11.2 Å². The predicted octanol–water partition coefficient (Wildman–Crippen LogP) is 3.59. The second-order valence-electron chi connectivity index (χ2n) is 5.93. The zero-order valence-electron chi connectivity index (χ0n) is 11.1. The first-order chi connectivity index (χ1) is 8.65. The predicted molar refractivity (Wildman–Crippen MR) is 72.6 cm³/mol. The van der Waals surface area contributed by atoms with Gasteiger partial charge < -0.3 is 0 Å². The monoisotopic (exact) mass is 236 g/mol. The van der Waals surface area contributed by atoms with Crippen LogP contribution in [0.3, 0.4) is 0 Å². The van der Waals surface area contributed by atoms with Gasteiger partial charge in [0, 0.05) is 30.5 Å². The van der Waals surface area contributed by atoms with E-state index in [0.29, 0.717) is 11.8 Å². The van der Waals surface area contributed by atoms with E-state index in [9.17, 15) is 0 Å². The minimum absolute atomic E-state index is 0.250. The van der Waals surface area contributed by atoms with Crippen LogP contribution in [-0.4, -0.2) is 0 Å². The Hall–Kier alpha value is -1.63. The van der Waals surface area contributed by atoms with Crippen LogP contribution in [0.2, 0.25) is 0 Å². The van der Waals surface area contributed by atoms with Gasteiger partial charge in [-0.1, -0.05) is 25.1 Å². The second-order valence-corrected chi connectivity index (χ2v) is 5.93. The molecule has 0 aliphatic carbocycles. The Labute approximate surface area is 108 Å². The lowest BCUT2D eigenvalue weighted by Gasteiger charge is -2.47. The molecule has 2 aromatic rings. The number of fused-ring (bicyclic) bond motifs is 2. The number of benzene rings is 1. The van der Waals surface area contributed by atoms with E-state index in [0.717, 1.165) is 0 Å². The van der Waals surface area contributed by atoms with Gasteiger partial charge in [0.2, 0.25) is 5.69 Å². The van der Waals surface area contributed by atoms with Gasteiger partial charge in [0.05, 0.1) is 0 Å². The number of pyridine rings is 1. The van der Waals surface area contributed by atoms with Crippen molar-refractivity contribution in [2.75, 3.05) is 0 Å². The number of hydrogen-bond donors (Lipinski definition) is 0. The Bertz CT molecular complexity index is 658. The standard InChI is InChI=1S/C17H18N/c1-11-13-7-4-5-8-14(13)16-10-6-9-15-12(2)17(11,3)18(15)16/h4-12H,1-3H3/q+1. The molecule has 0 saturated heterocycles.